The third-order valence-electron chi connectivity index (χ3n) is 3.71. The summed E-state index contributed by atoms with van der Waals surface area (Å²) in [6.07, 6.45) is -4.39. The lowest BCUT2D eigenvalue weighted by atomic mass is 10.2. The molecule has 0 saturated heterocycles. The van der Waals surface area contributed by atoms with Crippen molar-refractivity contribution in [3.63, 3.8) is 0 Å². The molecule has 0 atom stereocenters. The van der Waals surface area contributed by atoms with Gasteiger partial charge in [-0.3, -0.25) is 4.79 Å². The summed E-state index contributed by atoms with van der Waals surface area (Å²) in [5.41, 5.74) is 1.15. The quantitative estimate of drug-likeness (QED) is 0.656. The van der Waals surface area contributed by atoms with E-state index >= 15 is 0 Å². The molecule has 0 spiro atoms. The van der Waals surface area contributed by atoms with Gasteiger partial charge in [0.05, 0.1) is 32.4 Å². The average molecular weight is 388 g/mol. The van der Waals surface area contributed by atoms with Crippen molar-refractivity contribution in [3.05, 3.63) is 41.1 Å². The first-order valence-electron chi connectivity index (χ1n) is 7.97. The molecule has 0 aliphatic carbocycles. The molecule has 27 heavy (non-hydrogen) atoms. The second-order valence-corrected chi connectivity index (χ2v) is 5.73. The van der Waals surface area contributed by atoms with Crippen LogP contribution in [0.3, 0.4) is 0 Å². The summed E-state index contributed by atoms with van der Waals surface area (Å²) in [7, 11) is 1.20. The Morgan fingerprint density at radius 2 is 1.96 bits per heavy atom. The Kier molecular flexibility index (Phi) is 6.81. The van der Waals surface area contributed by atoms with Crippen molar-refractivity contribution in [2.75, 3.05) is 38.7 Å². The highest BCUT2D eigenvalue weighted by Gasteiger charge is 2.34. The number of rotatable bonds is 8. The van der Waals surface area contributed by atoms with E-state index in [-0.39, 0.29) is 37.6 Å². The molecule has 10 heteroatoms. The molecule has 1 aliphatic rings. The van der Waals surface area contributed by atoms with Crippen molar-refractivity contribution in [1.29, 1.82) is 0 Å². The van der Waals surface area contributed by atoms with Crippen LogP contribution in [-0.2, 0) is 25.7 Å². The van der Waals surface area contributed by atoms with E-state index in [0.29, 0.717) is 11.3 Å². The van der Waals surface area contributed by atoms with E-state index in [4.69, 9.17) is 5.11 Å². The van der Waals surface area contributed by atoms with Gasteiger partial charge in [0, 0.05) is 12.2 Å². The van der Waals surface area contributed by atoms with Crippen molar-refractivity contribution >= 4 is 17.6 Å². The maximum absolute atomic E-state index is 12.4. The molecule has 0 saturated carbocycles. The Balaban J connectivity index is 2.07. The molecule has 1 aromatic carbocycles. The summed E-state index contributed by atoms with van der Waals surface area (Å²) in [5.74, 6) is -1.12. The normalized spacial score (nSPS) is 14.7. The lowest BCUT2D eigenvalue weighted by Gasteiger charge is -2.15. The van der Waals surface area contributed by atoms with Crippen LogP contribution >= 0.6 is 0 Å². The van der Waals surface area contributed by atoms with Crippen molar-refractivity contribution in [2.45, 2.75) is 12.8 Å². The Labute approximate surface area is 153 Å². The Morgan fingerprint density at radius 3 is 2.52 bits per heavy atom. The summed E-state index contributed by atoms with van der Waals surface area (Å²) in [6, 6.07) is 6.19. The zero-order valence-corrected chi connectivity index (χ0v) is 14.5. The second-order valence-electron chi connectivity index (χ2n) is 5.73. The fourth-order valence-electron chi connectivity index (χ4n) is 2.46. The molecular formula is C17H19F3N2O5. The number of aliphatic hydroxyl groups excluding tert-OH is 1. The molecule has 0 bridgehead atoms. The third kappa shape index (κ3) is 5.69. The minimum atomic E-state index is -4.39. The van der Waals surface area contributed by atoms with Gasteiger partial charge in [-0.15, -0.1) is 0 Å². The third-order valence-corrected chi connectivity index (χ3v) is 3.71. The predicted octanol–water partition coefficient (Wildman–Crippen LogP) is 1.44. The average Bonchev–Trinajstić information content (AvgIpc) is 2.91. The highest BCUT2D eigenvalue weighted by molar-refractivity contribution is 6.08. The van der Waals surface area contributed by atoms with Gasteiger partial charge in [0.1, 0.15) is 12.3 Å². The lowest BCUT2D eigenvalue weighted by Crippen LogP contribution is -2.31. The first-order valence-corrected chi connectivity index (χ1v) is 7.97. The largest absolute Gasteiger partial charge is 0.466 e. The number of hydrogen-bond acceptors (Lipinski definition) is 6. The van der Waals surface area contributed by atoms with E-state index in [1.54, 1.807) is 24.3 Å². The van der Waals surface area contributed by atoms with Crippen LogP contribution in [0, 0.1) is 0 Å². The minimum Gasteiger partial charge on any atom is -0.466 e. The number of ether oxygens (including phenoxy) is 2. The molecule has 1 heterocycles. The number of esters is 1. The van der Waals surface area contributed by atoms with Gasteiger partial charge >= 0.3 is 12.1 Å². The molecule has 2 rings (SSSR count). The number of methoxy groups -OCH3 is 1. The zero-order valence-electron chi connectivity index (χ0n) is 14.5. The monoisotopic (exact) mass is 388 g/mol. The number of nitrogens with zero attached hydrogens (tertiary/aromatic N) is 1. The van der Waals surface area contributed by atoms with Crippen LogP contribution in [0.4, 0.5) is 18.9 Å². The standard InChI is InChI=1S/C17H19F3N2O5/c1-26-16(25)13-8-22(6-7-23)15(24)14(13)21-12-4-2-11(3-5-12)9-27-10-17(18,19)20/h2-5,21,23H,6-10H2,1H3. The maximum Gasteiger partial charge on any atom is 0.411 e. The summed E-state index contributed by atoms with van der Waals surface area (Å²) in [5, 5.41) is 11.9. The number of benzene rings is 1. The van der Waals surface area contributed by atoms with Crippen LogP contribution in [0.15, 0.2) is 35.5 Å². The van der Waals surface area contributed by atoms with Gasteiger partial charge in [0.15, 0.2) is 0 Å². The number of carbonyl (C=O) groups excluding carboxylic acids is 2. The summed E-state index contributed by atoms with van der Waals surface area (Å²) < 4.78 is 45.5. The number of aliphatic hydroxyl groups is 1. The topological polar surface area (TPSA) is 88.1 Å². The van der Waals surface area contributed by atoms with Gasteiger partial charge < -0.3 is 24.8 Å². The van der Waals surface area contributed by atoms with E-state index in [1.165, 1.54) is 12.0 Å². The van der Waals surface area contributed by atoms with E-state index in [9.17, 15) is 22.8 Å². The molecule has 1 aromatic rings. The fraction of sp³-hybridized carbons (Fsp3) is 0.412. The van der Waals surface area contributed by atoms with E-state index < -0.39 is 24.7 Å². The summed E-state index contributed by atoms with van der Waals surface area (Å²) >= 11 is 0. The molecule has 148 valence electrons. The smallest absolute Gasteiger partial charge is 0.411 e. The van der Waals surface area contributed by atoms with E-state index in [2.05, 4.69) is 14.8 Å². The molecule has 1 amide bonds. The molecular weight excluding hydrogens is 369 g/mol. The van der Waals surface area contributed by atoms with Crippen molar-refractivity contribution < 1.29 is 37.3 Å². The SMILES string of the molecule is COC(=O)C1=C(Nc2ccc(COCC(F)(F)F)cc2)C(=O)N(CCO)C1. The maximum atomic E-state index is 12.4. The van der Waals surface area contributed by atoms with Crippen LogP contribution in [-0.4, -0.2) is 61.5 Å². The van der Waals surface area contributed by atoms with Gasteiger partial charge in [0.2, 0.25) is 0 Å². The Morgan fingerprint density at radius 1 is 1.30 bits per heavy atom. The van der Waals surface area contributed by atoms with Crippen molar-refractivity contribution in [1.82, 2.24) is 4.90 Å². The Hall–Kier alpha value is -2.59. The van der Waals surface area contributed by atoms with Crippen LogP contribution in [0.25, 0.3) is 0 Å². The molecule has 7 nitrogen and oxygen atoms in total. The highest BCUT2D eigenvalue weighted by Crippen LogP contribution is 2.23. The predicted molar refractivity (Wildman–Crippen MR) is 88.5 cm³/mol. The number of halogens is 3. The number of nitrogens with one attached hydrogen (secondary N) is 1. The first-order chi connectivity index (χ1) is 12.7. The Bertz CT molecular complexity index is 716. The van der Waals surface area contributed by atoms with Crippen LogP contribution < -0.4 is 5.32 Å². The number of β-amino-alcohol motifs (C(OH)–C–C–N with tert-alkyl or cyclic N) is 1. The second kappa shape index (κ2) is 8.87. The molecule has 0 unspecified atom stereocenters. The van der Waals surface area contributed by atoms with Gasteiger partial charge in [-0.2, -0.15) is 13.2 Å². The molecule has 1 aliphatic heterocycles. The number of anilines is 1. The zero-order chi connectivity index (χ0) is 20.0. The van der Waals surface area contributed by atoms with E-state index in [0.717, 1.165) is 0 Å². The fourth-order valence-corrected chi connectivity index (χ4v) is 2.46. The molecule has 0 aromatic heterocycles. The number of carbonyl (C=O) groups is 2. The van der Waals surface area contributed by atoms with E-state index in [1.807, 2.05) is 0 Å². The number of alkyl halides is 3. The number of amides is 1. The van der Waals surface area contributed by atoms with Gasteiger partial charge in [-0.1, -0.05) is 12.1 Å². The summed E-state index contributed by atoms with van der Waals surface area (Å²) in [4.78, 5) is 25.6. The van der Waals surface area contributed by atoms with Gasteiger partial charge in [-0.25, -0.2) is 4.79 Å². The molecule has 0 radical (unpaired) electrons. The molecule has 2 N–H and O–H groups in total. The van der Waals surface area contributed by atoms with Crippen LogP contribution in [0.1, 0.15) is 5.56 Å². The van der Waals surface area contributed by atoms with Crippen molar-refractivity contribution in [2.24, 2.45) is 0 Å². The highest BCUT2D eigenvalue weighted by atomic mass is 19.4. The van der Waals surface area contributed by atoms with Gasteiger partial charge in [-0.05, 0) is 17.7 Å². The minimum absolute atomic E-state index is 0.0117. The number of hydrogen-bond donors (Lipinski definition) is 2. The van der Waals surface area contributed by atoms with Crippen molar-refractivity contribution in [3.8, 4) is 0 Å². The van der Waals surface area contributed by atoms with Crippen LogP contribution in [0.2, 0.25) is 0 Å². The lowest BCUT2D eigenvalue weighted by molar-refractivity contribution is -0.176. The first kappa shape index (κ1) is 20.7. The van der Waals surface area contributed by atoms with Crippen LogP contribution in [0.5, 0.6) is 0 Å². The van der Waals surface area contributed by atoms with Gasteiger partial charge in [0.25, 0.3) is 5.91 Å². The summed E-state index contributed by atoms with van der Waals surface area (Å²) in [6.45, 7) is -1.71. The molecule has 0 fully saturated rings.